The lowest BCUT2D eigenvalue weighted by atomic mass is 9.78. The maximum atomic E-state index is 12.9. The summed E-state index contributed by atoms with van der Waals surface area (Å²) in [5, 5.41) is 23.0. The number of aryl methyl sites for hydroxylation is 1. The molecule has 0 unspecified atom stereocenters. The van der Waals surface area contributed by atoms with Gasteiger partial charge >= 0.3 is 12.1 Å². The number of carboxylic acid groups (broad SMARTS) is 1. The van der Waals surface area contributed by atoms with E-state index in [-0.39, 0.29) is 11.4 Å². The van der Waals surface area contributed by atoms with E-state index in [0.717, 1.165) is 20.6 Å². The van der Waals surface area contributed by atoms with Crippen LogP contribution in [0.15, 0.2) is 42.6 Å². The zero-order valence-corrected chi connectivity index (χ0v) is 20.0. The third-order valence-corrected chi connectivity index (χ3v) is 7.50. The molecule has 4 aromatic rings. The fourth-order valence-electron chi connectivity index (χ4n) is 4.72. The monoisotopic (exact) mass is 500 g/mol. The fraction of sp³-hybridized carbons (Fsp3) is 0.240. The summed E-state index contributed by atoms with van der Waals surface area (Å²) in [5.41, 5.74) is 3.61. The molecule has 36 heavy (non-hydrogen) atoms. The van der Waals surface area contributed by atoms with Crippen LogP contribution in [0.4, 0.5) is 14.7 Å². The van der Waals surface area contributed by atoms with Crippen LogP contribution in [0, 0.1) is 23.7 Å². The first-order valence-electron chi connectivity index (χ1n) is 11.2. The molecule has 2 saturated heterocycles. The van der Waals surface area contributed by atoms with Crippen LogP contribution in [0.3, 0.4) is 0 Å². The van der Waals surface area contributed by atoms with Crippen molar-refractivity contribution in [1.82, 2.24) is 19.4 Å². The van der Waals surface area contributed by atoms with E-state index in [1.807, 2.05) is 12.1 Å². The van der Waals surface area contributed by atoms with Gasteiger partial charge < -0.3 is 14.7 Å². The standard InChI is InChI=1S/C25H20N6O4S/c1-14-7-18(17-5-6-31(24(33)34)21(17)27-14)20-19(16-4-2-3-15(8-16)9-26)28-22(36-20)29-23(32)30-10-25(11-30)12-35-13-25/h2-8H,10-13H2,1H3,(H,33,34)(H,28,29,32). The largest absolute Gasteiger partial charge is 0.464 e. The summed E-state index contributed by atoms with van der Waals surface area (Å²) < 4.78 is 6.37. The topological polar surface area (TPSA) is 133 Å². The number of carbonyl (C=O) groups is 2. The summed E-state index contributed by atoms with van der Waals surface area (Å²) in [4.78, 5) is 36.2. The number of amides is 2. The summed E-state index contributed by atoms with van der Waals surface area (Å²) in [6, 6.07) is 12.6. The second-order valence-electron chi connectivity index (χ2n) is 9.19. The van der Waals surface area contributed by atoms with Crippen LogP contribution in [-0.2, 0) is 4.74 Å². The number of aromatic nitrogens is 3. The van der Waals surface area contributed by atoms with Crippen molar-refractivity contribution in [3.63, 3.8) is 0 Å². The number of hydrogen-bond acceptors (Lipinski definition) is 7. The number of rotatable bonds is 3. The van der Waals surface area contributed by atoms with Crippen molar-refractivity contribution in [2.24, 2.45) is 5.41 Å². The molecule has 0 saturated carbocycles. The smallest absolute Gasteiger partial charge is 0.417 e. The number of nitrogens with one attached hydrogen (secondary N) is 1. The Bertz CT molecular complexity index is 1590. The number of pyridine rings is 1. The van der Waals surface area contributed by atoms with E-state index in [2.05, 4.69) is 16.4 Å². The first kappa shape index (κ1) is 22.2. The highest BCUT2D eigenvalue weighted by molar-refractivity contribution is 7.19. The van der Waals surface area contributed by atoms with Crippen LogP contribution in [0.2, 0.25) is 0 Å². The quantitative estimate of drug-likeness (QED) is 0.426. The summed E-state index contributed by atoms with van der Waals surface area (Å²) in [5.74, 6) is 0. The van der Waals surface area contributed by atoms with E-state index >= 15 is 0 Å². The Morgan fingerprint density at radius 1 is 1.22 bits per heavy atom. The first-order chi connectivity index (χ1) is 17.4. The molecular formula is C25H20N6O4S. The summed E-state index contributed by atoms with van der Waals surface area (Å²) in [6.45, 7) is 4.48. The van der Waals surface area contributed by atoms with Gasteiger partial charge in [-0.05, 0) is 31.2 Å². The van der Waals surface area contributed by atoms with Crippen LogP contribution in [0.1, 0.15) is 11.3 Å². The SMILES string of the molecule is Cc1cc(-c2sc(NC(=O)N3CC4(COC4)C3)nc2-c2cccc(C#N)c2)c2ccn(C(=O)O)c2n1. The van der Waals surface area contributed by atoms with Crippen molar-refractivity contribution in [3.05, 3.63) is 53.9 Å². The maximum absolute atomic E-state index is 12.9. The third kappa shape index (κ3) is 3.59. The molecule has 0 radical (unpaired) electrons. The molecule has 1 aromatic carbocycles. The first-order valence-corrected chi connectivity index (χ1v) is 12.0. The van der Waals surface area contributed by atoms with Crippen molar-refractivity contribution >= 4 is 39.6 Å². The molecule has 2 N–H and O–H groups in total. The number of nitrogens with zero attached hydrogens (tertiary/aromatic N) is 5. The van der Waals surface area contributed by atoms with Gasteiger partial charge in [-0.1, -0.05) is 23.5 Å². The van der Waals surface area contributed by atoms with Gasteiger partial charge in [-0.2, -0.15) is 5.26 Å². The van der Waals surface area contributed by atoms with Crippen LogP contribution >= 0.6 is 11.3 Å². The summed E-state index contributed by atoms with van der Waals surface area (Å²) in [6.07, 6.45) is 0.337. The molecule has 1 spiro atoms. The highest BCUT2D eigenvalue weighted by Gasteiger charge is 2.50. The van der Waals surface area contributed by atoms with Gasteiger partial charge in [0.05, 0.1) is 40.8 Å². The molecule has 0 bridgehead atoms. The molecule has 3 aromatic heterocycles. The minimum absolute atomic E-state index is 0.103. The lowest BCUT2D eigenvalue weighted by Gasteiger charge is -2.54. The molecule has 5 heterocycles. The number of benzene rings is 1. The van der Waals surface area contributed by atoms with Gasteiger partial charge in [0.25, 0.3) is 0 Å². The number of anilines is 1. The molecule has 0 atom stereocenters. The molecule has 0 aliphatic carbocycles. The number of ether oxygens (including phenoxy) is 1. The van der Waals surface area contributed by atoms with Crippen LogP contribution in [-0.4, -0.2) is 63.0 Å². The Morgan fingerprint density at radius 2 is 2.03 bits per heavy atom. The summed E-state index contributed by atoms with van der Waals surface area (Å²) in [7, 11) is 0. The number of likely N-dealkylation sites (tertiary alicyclic amines) is 1. The Morgan fingerprint density at radius 3 is 2.72 bits per heavy atom. The van der Waals surface area contributed by atoms with E-state index in [4.69, 9.17) is 9.72 Å². The van der Waals surface area contributed by atoms with Crippen molar-refractivity contribution in [2.75, 3.05) is 31.6 Å². The third-order valence-electron chi connectivity index (χ3n) is 6.50. The Labute approximate surface area is 209 Å². The maximum Gasteiger partial charge on any atom is 0.417 e. The average molecular weight is 501 g/mol. The highest BCUT2D eigenvalue weighted by Crippen LogP contribution is 2.43. The van der Waals surface area contributed by atoms with Crippen molar-refractivity contribution in [3.8, 4) is 27.8 Å². The Hall–Kier alpha value is -4.27. The number of fused-ring (bicyclic) bond motifs is 1. The molecule has 2 amide bonds. The highest BCUT2D eigenvalue weighted by atomic mass is 32.1. The van der Waals surface area contributed by atoms with E-state index in [9.17, 15) is 20.0 Å². The minimum Gasteiger partial charge on any atom is -0.464 e. The molecule has 6 rings (SSSR count). The van der Waals surface area contributed by atoms with E-state index in [1.165, 1.54) is 17.5 Å². The van der Waals surface area contributed by atoms with Crippen LogP contribution < -0.4 is 5.32 Å². The van der Waals surface area contributed by atoms with Gasteiger partial charge in [-0.3, -0.25) is 5.32 Å². The molecule has 10 nitrogen and oxygen atoms in total. The molecule has 11 heteroatoms. The second-order valence-corrected chi connectivity index (χ2v) is 10.2. The van der Waals surface area contributed by atoms with Crippen molar-refractivity contribution in [1.29, 1.82) is 5.26 Å². The number of thiazole rings is 1. The zero-order valence-electron chi connectivity index (χ0n) is 19.2. The van der Waals surface area contributed by atoms with Crippen molar-refractivity contribution < 1.29 is 19.4 Å². The number of carbonyl (C=O) groups excluding carboxylic acids is 1. The normalized spacial score (nSPS) is 15.8. The zero-order chi connectivity index (χ0) is 25.0. The predicted octanol–water partition coefficient (Wildman–Crippen LogP) is 4.40. The molecule has 2 fully saturated rings. The molecule has 180 valence electrons. The van der Waals surface area contributed by atoms with Gasteiger partial charge in [0.1, 0.15) is 5.65 Å². The van der Waals surface area contributed by atoms with Gasteiger partial charge in [0.15, 0.2) is 5.13 Å². The van der Waals surface area contributed by atoms with Gasteiger partial charge in [0, 0.05) is 41.5 Å². The minimum atomic E-state index is -1.13. The van der Waals surface area contributed by atoms with Gasteiger partial charge in [-0.25, -0.2) is 24.1 Å². The molecular weight excluding hydrogens is 480 g/mol. The average Bonchev–Trinajstić information content (AvgIpc) is 3.41. The number of nitriles is 1. The van der Waals surface area contributed by atoms with Crippen LogP contribution in [0.25, 0.3) is 32.7 Å². The lowest BCUT2D eigenvalue weighted by molar-refractivity contribution is -0.174. The van der Waals surface area contributed by atoms with Crippen molar-refractivity contribution in [2.45, 2.75) is 6.92 Å². The van der Waals surface area contributed by atoms with Gasteiger partial charge in [0.2, 0.25) is 0 Å². The number of urea groups is 1. The fourth-order valence-corrected chi connectivity index (χ4v) is 5.72. The lowest BCUT2D eigenvalue weighted by Crippen LogP contribution is -2.67. The second kappa shape index (κ2) is 8.15. The summed E-state index contributed by atoms with van der Waals surface area (Å²) >= 11 is 1.30. The molecule has 2 aliphatic rings. The van der Waals surface area contributed by atoms with E-state index in [0.29, 0.717) is 59.4 Å². The van der Waals surface area contributed by atoms with Crippen LogP contribution in [0.5, 0.6) is 0 Å². The Kier molecular flexibility index (Phi) is 5.03. The predicted molar refractivity (Wildman–Crippen MR) is 133 cm³/mol. The van der Waals surface area contributed by atoms with E-state index in [1.54, 1.807) is 36.1 Å². The van der Waals surface area contributed by atoms with Gasteiger partial charge in [-0.15, -0.1) is 0 Å². The Balaban J connectivity index is 1.44. The van der Waals surface area contributed by atoms with E-state index < -0.39 is 6.09 Å². The molecule has 2 aliphatic heterocycles. The number of hydrogen-bond donors (Lipinski definition) is 2.